The van der Waals surface area contributed by atoms with Crippen LogP contribution in [0.3, 0.4) is 0 Å². The number of hydrogen-bond donors (Lipinski definition) is 1. The number of likely N-dealkylation sites (tertiary alicyclic amines) is 1. The molecule has 30 heavy (non-hydrogen) atoms. The molecule has 3 aliphatic rings. The minimum absolute atomic E-state index is 0.209. The smallest absolute Gasteiger partial charge is 0.208 e. The molecule has 1 N–H and O–H groups in total. The summed E-state index contributed by atoms with van der Waals surface area (Å²) < 4.78 is 17.6. The molecule has 2 aromatic carbocycles. The molecule has 1 atom stereocenters. The maximum atomic E-state index is 6.69. The maximum absolute atomic E-state index is 6.69. The number of fused-ring (bicyclic) bond motifs is 4. The lowest BCUT2D eigenvalue weighted by Crippen LogP contribution is -3.13. The van der Waals surface area contributed by atoms with Gasteiger partial charge in [-0.1, -0.05) is 18.2 Å². The molecule has 0 bridgehead atoms. The van der Waals surface area contributed by atoms with Gasteiger partial charge in [0, 0.05) is 17.5 Å². The standard InChI is InChI=1S/C24H29N3O3/c1-4-26-13-11-24(12-14-26)27-20(18-7-5-6-8-21(18)30-24)16-19(25-27)17-9-10-22(28-2)23(15-17)29-3/h5-10,15,20H,4,11-14,16H2,1-3H3/p+1/t20-/m0/s1. The van der Waals surface area contributed by atoms with E-state index < -0.39 is 0 Å². The summed E-state index contributed by atoms with van der Waals surface area (Å²) in [5, 5.41) is 7.43. The number of quaternary nitrogens is 1. The number of ether oxygens (including phenoxy) is 3. The molecule has 1 fully saturated rings. The summed E-state index contributed by atoms with van der Waals surface area (Å²) in [5.74, 6) is 2.48. The third-order valence-electron chi connectivity index (χ3n) is 6.86. The highest BCUT2D eigenvalue weighted by atomic mass is 16.5. The van der Waals surface area contributed by atoms with Gasteiger partial charge in [0.05, 0.1) is 58.4 Å². The van der Waals surface area contributed by atoms with Crippen molar-refractivity contribution in [2.45, 2.75) is 38.0 Å². The van der Waals surface area contributed by atoms with Crippen molar-refractivity contribution >= 4 is 5.71 Å². The lowest BCUT2D eigenvalue weighted by atomic mass is 9.90. The van der Waals surface area contributed by atoms with Gasteiger partial charge in [0.1, 0.15) is 5.75 Å². The Morgan fingerprint density at radius 3 is 2.60 bits per heavy atom. The van der Waals surface area contributed by atoms with Gasteiger partial charge in [0.25, 0.3) is 0 Å². The monoisotopic (exact) mass is 408 g/mol. The third kappa shape index (κ3) is 3.01. The van der Waals surface area contributed by atoms with E-state index in [0.717, 1.165) is 67.4 Å². The van der Waals surface area contributed by atoms with Crippen molar-refractivity contribution in [3.63, 3.8) is 0 Å². The third-order valence-corrected chi connectivity index (χ3v) is 6.86. The predicted octanol–water partition coefficient (Wildman–Crippen LogP) is 2.64. The highest BCUT2D eigenvalue weighted by molar-refractivity contribution is 6.02. The van der Waals surface area contributed by atoms with E-state index >= 15 is 0 Å². The van der Waals surface area contributed by atoms with Crippen molar-refractivity contribution in [2.24, 2.45) is 5.10 Å². The summed E-state index contributed by atoms with van der Waals surface area (Å²) in [7, 11) is 3.33. The SMILES string of the molecule is CC[NH+]1CCC2(CC1)Oc1ccccc1[C@@H]1CC(c3ccc(OC)c(OC)c3)=NN12. The molecule has 1 spiro atoms. The molecule has 158 valence electrons. The minimum atomic E-state index is -0.351. The van der Waals surface area contributed by atoms with Crippen LogP contribution < -0.4 is 19.1 Å². The first kappa shape index (κ1) is 19.2. The zero-order valence-corrected chi connectivity index (χ0v) is 18.0. The van der Waals surface area contributed by atoms with Crippen LogP contribution in [-0.2, 0) is 0 Å². The number of para-hydroxylation sites is 1. The molecule has 3 heterocycles. The van der Waals surface area contributed by atoms with Gasteiger partial charge < -0.3 is 19.1 Å². The summed E-state index contributed by atoms with van der Waals surface area (Å²) in [6.07, 6.45) is 2.84. The molecule has 2 aromatic rings. The van der Waals surface area contributed by atoms with Crippen molar-refractivity contribution in [3.8, 4) is 17.2 Å². The zero-order chi connectivity index (χ0) is 20.7. The normalized spacial score (nSPS) is 27.2. The van der Waals surface area contributed by atoms with E-state index in [-0.39, 0.29) is 11.8 Å². The second-order valence-electron chi connectivity index (χ2n) is 8.37. The second-order valence-corrected chi connectivity index (χ2v) is 8.37. The van der Waals surface area contributed by atoms with E-state index in [0.29, 0.717) is 0 Å². The summed E-state index contributed by atoms with van der Waals surface area (Å²) >= 11 is 0. The van der Waals surface area contributed by atoms with Gasteiger partial charge in [-0.3, -0.25) is 0 Å². The predicted molar refractivity (Wildman–Crippen MR) is 116 cm³/mol. The first-order valence-corrected chi connectivity index (χ1v) is 10.9. The number of piperidine rings is 1. The first-order valence-electron chi connectivity index (χ1n) is 10.9. The van der Waals surface area contributed by atoms with Gasteiger partial charge in [0.15, 0.2) is 11.5 Å². The Labute approximate surface area is 178 Å². The average molecular weight is 409 g/mol. The van der Waals surface area contributed by atoms with Crippen LogP contribution >= 0.6 is 0 Å². The van der Waals surface area contributed by atoms with Gasteiger partial charge in [-0.2, -0.15) is 5.10 Å². The van der Waals surface area contributed by atoms with Crippen LogP contribution in [0.1, 0.15) is 43.4 Å². The fraction of sp³-hybridized carbons (Fsp3) is 0.458. The second kappa shape index (κ2) is 7.51. The van der Waals surface area contributed by atoms with E-state index in [9.17, 15) is 0 Å². The number of rotatable bonds is 4. The quantitative estimate of drug-likeness (QED) is 0.845. The zero-order valence-electron chi connectivity index (χ0n) is 18.0. The first-order chi connectivity index (χ1) is 14.7. The Balaban J connectivity index is 1.53. The molecule has 0 saturated carbocycles. The van der Waals surface area contributed by atoms with Crippen molar-refractivity contribution in [1.82, 2.24) is 5.01 Å². The van der Waals surface area contributed by atoms with Crippen molar-refractivity contribution < 1.29 is 19.1 Å². The van der Waals surface area contributed by atoms with Crippen LogP contribution in [0.25, 0.3) is 0 Å². The molecule has 3 aliphatic heterocycles. The van der Waals surface area contributed by atoms with Gasteiger partial charge in [0.2, 0.25) is 5.72 Å². The fourth-order valence-electron chi connectivity index (χ4n) is 5.10. The van der Waals surface area contributed by atoms with E-state index in [1.807, 2.05) is 12.1 Å². The molecule has 6 nitrogen and oxygen atoms in total. The van der Waals surface area contributed by atoms with Gasteiger partial charge in [-0.15, -0.1) is 0 Å². The number of nitrogens with zero attached hydrogens (tertiary/aromatic N) is 2. The molecule has 0 amide bonds. The summed E-state index contributed by atoms with van der Waals surface area (Å²) in [4.78, 5) is 1.64. The maximum Gasteiger partial charge on any atom is 0.208 e. The Bertz CT molecular complexity index is 966. The number of methoxy groups -OCH3 is 2. The molecular weight excluding hydrogens is 378 g/mol. The van der Waals surface area contributed by atoms with Crippen LogP contribution in [0, 0.1) is 0 Å². The van der Waals surface area contributed by atoms with Crippen LogP contribution in [0.2, 0.25) is 0 Å². The number of nitrogens with one attached hydrogen (secondary N) is 1. The van der Waals surface area contributed by atoms with E-state index in [1.54, 1.807) is 19.1 Å². The summed E-state index contributed by atoms with van der Waals surface area (Å²) in [5.41, 5.74) is 3.03. The van der Waals surface area contributed by atoms with Crippen LogP contribution in [-0.4, -0.2) is 50.3 Å². The average Bonchev–Trinajstić information content (AvgIpc) is 3.26. The highest BCUT2D eigenvalue weighted by Crippen LogP contribution is 2.49. The molecule has 0 aromatic heterocycles. The Kier molecular flexibility index (Phi) is 4.82. The van der Waals surface area contributed by atoms with Crippen molar-refractivity contribution in [2.75, 3.05) is 33.9 Å². The number of hydrogen-bond acceptors (Lipinski definition) is 5. The van der Waals surface area contributed by atoms with Crippen LogP contribution in [0.5, 0.6) is 17.2 Å². The molecule has 1 saturated heterocycles. The fourth-order valence-corrected chi connectivity index (χ4v) is 5.10. The number of hydrazone groups is 1. The van der Waals surface area contributed by atoms with Crippen LogP contribution in [0.15, 0.2) is 47.6 Å². The lowest BCUT2D eigenvalue weighted by Gasteiger charge is -2.50. The Morgan fingerprint density at radius 1 is 1.10 bits per heavy atom. The molecule has 5 rings (SSSR count). The van der Waals surface area contributed by atoms with E-state index in [1.165, 1.54) is 5.56 Å². The van der Waals surface area contributed by atoms with E-state index in [2.05, 4.69) is 42.3 Å². The summed E-state index contributed by atoms with van der Waals surface area (Å²) in [6, 6.07) is 14.7. The van der Waals surface area contributed by atoms with Gasteiger partial charge in [-0.25, -0.2) is 5.01 Å². The Hall–Kier alpha value is -2.73. The molecule has 0 aliphatic carbocycles. The molecule has 0 unspecified atom stereocenters. The minimum Gasteiger partial charge on any atom is -0.493 e. The van der Waals surface area contributed by atoms with E-state index in [4.69, 9.17) is 19.3 Å². The lowest BCUT2D eigenvalue weighted by molar-refractivity contribution is -0.906. The van der Waals surface area contributed by atoms with Crippen molar-refractivity contribution in [3.05, 3.63) is 53.6 Å². The largest absolute Gasteiger partial charge is 0.493 e. The van der Waals surface area contributed by atoms with Crippen LogP contribution in [0.4, 0.5) is 0 Å². The topological polar surface area (TPSA) is 47.7 Å². The van der Waals surface area contributed by atoms with Gasteiger partial charge >= 0.3 is 0 Å². The highest BCUT2D eigenvalue weighted by Gasteiger charge is 2.52. The summed E-state index contributed by atoms with van der Waals surface area (Å²) in [6.45, 7) is 5.65. The molecular formula is C24H30N3O3+. The Morgan fingerprint density at radius 2 is 1.87 bits per heavy atom. The molecule has 6 heteroatoms. The van der Waals surface area contributed by atoms with Crippen molar-refractivity contribution in [1.29, 1.82) is 0 Å². The number of benzene rings is 2. The van der Waals surface area contributed by atoms with Gasteiger partial charge in [-0.05, 0) is 31.2 Å². The molecule has 0 radical (unpaired) electrons.